The van der Waals surface area contributed by atoms with Gasteiger partial charge >= 0.3 is 0 Å². The Morgan fingerprint density at radius 3 is 2.00 bits per heavy atom. The first-order valence-corrected chi connectivity index (χ1v) is 6.38. The van der Waals surface area contributed by atoms with Crippen molar-refractivity contribution >= 4 is 20.2 Å². The monoisotopic (exact) mass is 234 g/mol. The van der Waals surface area contributed by atoms with Gasteiger partial charge in [-0.05, 0) is 0 Å². The Hall–Kier alpha value is -0.220. The van der Waals surface area contributed by atoms with Gasteiger partial charge in [0.05, 0.1) is 19.0 Å². The Balaban J connectivity index is 3.91. The fourth-order valence-corrected chi connectivity index (χ4v) is 1.52. The lowest BCUT2D eigenvalue weighted by atomic mass is 10.9. The maximum Gasteiger partial charge on any atom is 0.269 e. The molecule has 13 heavy (non-hydrogen) atoms. The van der Waals surface area contributed by atoms with E-state index in [1.807, 2.05) is 0 Å². The van der Waals surface area contributed by atoms with Crippen LogP contribution in [0.5, 0.6) is 0 Å². The molecule has 0 bridgehead atoms. The summed E-state index contributed by atoms with van der Waals surface area (Å²) in [6.45, 7) is -1.25. The highest BCUT2D eigenvalue weighted by Gasteiger charge is 2.12. The smallest absolute Gasteiger partial charge is 0.269 e. The molecule has 0 aromatic rings. The van der Waals surface area contributed by atoms with Crippen LogP contribution in [0.1, 0.15) is 0 Å². The second-order valence-electron chi connectivity index (χ2n) is 2.09. The molecule has 0 saturated carbocycles. The molecule has 0 aromatic carbocycles. The highest BCUT2D eigenvalue weighted by Crippen LogP contribution is 1.93. The molecule has 0 atom stereocenters. The minimum atomic E-state index is -4.21. The fraction of sp³-hybridized carbons (Fsp3) is 1.00. The van der Waals surface area contributed by atoms with Crippen LogP contribution < -0.4 is 0 Å². The van der Waals surface area contributed by atoms with E-state index in [-0.39, 0.29) is 0 Å². The van der Waals surface area contributed by atoms with Gasteiger partial charge in [0, 0.05) is 0 Å². The Morgan fingerprint density at radius 2 is 1.62 bits per heavy atom. The van der Waals surface area contributed by atoms with Crippen LogP contribution in [0.25, 0.3) is 0 Å². The standard InChI is InChI=1S/C4H10O7S2/c5-1-3-13(9,10)11-2-4-12(6,7)8/h5H,1-4H2,(H,6,7,8). The van der Waals surface area contributed by atoms with Crippen molar-refractivity contribution in [3.8, 4) is 0 Å². The van der Waals surface area contributed by atoms with Crippen molar-refractivity contribution in [1.82, 2.24) is 0 Å². The SMILES string of the molecule is O=S(=O)(O)CCOS(=O)(=O)CCO. The van der Waals surface area contributed by atoms with Gasteiger partial charge in [0.2, 0.25) is 0 Å². The van der Waals surface area contributed by atoms with Gasteiger partial charge in [-0.25, -0.2) is 0 Å². The van der Waals surface area contributed by atoms with Crippen LogP contribution in [0.15, 0.2) is 0 Å². The van der Waals surface area contributed by atoms with Crippen molar-refractivity contribution in [2.24, 2.45) is 0 Å². The summed E-state index contributed by atoms with van der Waals surface area (Å²) in [4.78, 5) is 0. The minimum Gasteiger partial charge on any atom is -0.395 e. The summed E-state index contributed by atoms with van der Waals surface area (Å²) >= 11 is 0. The molecule has 0 aliphatic heterocycles. The van der Waals surface area contributed by atoms with Crippen LogP contribution >= 0.6 is 0 Å². The average molecular weight is 234 g/mol. The Kier molecular flexibility index (Phi) is 4.78. The zero-order chi connectivity index (χ0) is 10.5. The van der Waals surface area contributed by atoms with Gasteiger partial charge in [0.25, 0.3) is 20.2 Å². The second kappa shape index (κ2) is 4.86. The molecule has 0 saturated heterocycles. The first-order valence-electron chi connectivity index (χ1n) is 3.20. The van der Waals surface area contributed by atoms with Crippen molar-refractivity contribution in [3.05, 3.63) is 0 Å². The highest BCUT2D eigenvalue weighted by molar-refractivity contribution is 7.87. The third-order valence-electron chi connectivity index (χ3n) is 0.945. The van der Waals surface area contributed by atoms with E-state index in [0.717, 1.165) is 0 Å². The summed E-state index contributed by atoms with van der Waals surface area (Å²) < 4.78 is 53.8. The van der Waals surface area contributed by atoms with Crippen molar-refractivity contribution in [2.75, 3.05) is 24.7 Å². The lowest BCUT2D eigenvalue weighted by molar-refractivity contribution is 0.298. The lowest BCUT2D eigenvalue weighted by Crippen LogP contribution is -2.18. The first kappa shape index (κ1) is 12.8. The van der Waals surface area contributed by atoms with E-state index in [0.29, 0.717) is 0 Å². The van der Waals surface area contributed by atoms with E-state index in [1.165, 1.54) is 0 Å². The maximum absolute atomic E-state index is 10.7. The van der Waals surface area contributed by atoms with E-state index >= 15 is 0 Å². The third kappa shape index (κ3) is 8.12. The van der Waals surface area contributed by atoms with Crippen LogP contribution in [-0.2, 0) is 24.4 Å². The average Bonchev–Trinajstić information content (AvgIpc) is 1.82. The van der Waals surface area contributed by atoms with Gasteiger partial charge in [-0.3, -0.25) is 8.74 Å². The van der Waals surface area contributed by atoms with Gasteiger partial charge in [0.15, 0.2) is 0 Å². The third-order valence-corrected chi connectivity index (χ3v) is 2.84. The van der Waals surface area contributed by atoms with E-state index in [2.05, 4.69) is 4.18 Å². The molecule has 0 aromatic heterocycles. The van der Waals surface area contributed by atoms with Crippen molar-refractivity contribution in [3.63, 3.8) is 0 Å². The molecule has 0 radical (unpaired) electrons. The number of rotatable bonds is 6. The predicted octanol–water partition coefficient (Wildman–Crippen LogP) is -1.79. The van der Waals surface area contributed by atoms with Crippen molar-refractivity contribution in [2.45, 2.75) is 0 Å². The normalized spacial score (nSPS) is 13.1. The Morgan fingerprint density at radius 1 is 1.08 bits per heavy atom. The molecule has 2 N–H and O–H groups in total. The van der Waals surface area contributed by atoms with Crippen LogP contribution in [-0.4, -0.2) is 51.2 Å². The Bertz CT molecular complexity index is 326. The van der Waals surface area contributed by atoms with Gasteiger partial charge in [-0.2, -0.15) is 16.8 Å². The molecule has 0 unspecified atom stereocenters. The molecule has 9 heteroatoms. The summed E-state index contributed by atoms with van der Waals surface area (Å²) in [6.07, 6.45) is 0. The summed E-state index contributed by atoms with van der Waals surface area (Å²) in [5, 5.41) is 8.23. The second-order valence-corrected chi connectivity index (χ2v) is 5.42. The minimum absolute atomic E-state index is 0.599. The molecule has 0 heterocycles. The number of hydrogen-bond acceptors (Lipinski definition) is 6. The van der Waals surface area contributed by atoms with Gasteiger partial charge in [-0.15, -0.1) is 0 Å². The number of aliphatic hydroxyl groups excluding tert-OH is 1. The summed E-state index contributed by atoms with van der Waals surface area (Å²) in [6, 6.07) is 0. The molecular weight excluding hydrogens is 224 g/mol. The quantitative estimate of drug-likeness (QED) is 0.411. The molecular formula is C4H10O7S2. The molecule has 0 amide bonds. The van der Waals surface area contributed by atoms with E-state index < -0.39 is 45.0 Å². The van der Waals surface area contributed by atoms with Gasteiger partial charge < -0.3 is 5.11 Å². The zero-order valence-electron chi connectivity index (χ0n) is 6.58. The molecule has 80 valence electrons. The zero-order valence-corrected chi connectivity index (χ0v) is 8.21. The number of aliphatic hydroxyl groups is 1. The summed E-state index contributed by atoms with van der Waals surface area (Å²) in [5.74, 6) is -1.39. The van der Waals surface area contributed by atoms with Crippen LogP contribution in [0, 0.1) is 0 Å². The van der Waals surface area contributed by atoms with Gasteiger partial charge in [0.1, 0.15) is 5.75 Å². The molecule has 0 spiro atoms. The molecule has 0 rings (SSSR count). The van der Waals surface area contributed by atoms with Crippen molar-refractivity contribution < 1.29 is 30.7 Å². The molecule has 0 aliphatic rings. The van der Waals surface area contributed by atoms with Crippen molar-refractivity contribution in [1.29, 1.82) is 0 Å². The van der Waals surface area contributed by atoms with E-state index in [9.17, 15) is 16.8 Å². The summed E-state index contributed by atoms with van der Waals surface area (Å²) in [7, 11) is -8.09. The summed E-state index contributed by atoms with van der Waals surface area (Å²) in [5.41, 5.74) is 0. The van der Waals surface area contributed by atoms with Crippen LogP contribution in [0.2, 0.25) is 0 Å². The molecule has 0 fully saturated rings. The Labute approximate surface area is 76.2 Å². The largest absolute Gasteiger partial charge is 0.395 e. The van der Waals surface area contributed by atoms with Gasteiger partial charge in [-0.1, -0.05) is 0 Å². The highest BCUT2D eigenvalue weighted by atomic mass is 32.2. The number of hydrogen-bond donors (Lipinski definition) is 2. The van der Waals surface area contributed by atoms with Crippen LogP contribution in [0.4, 0.5) is 0 Å². The predicted molar refractivity (Wildman–Crippen MR) is 43.2 cm³/mol. The maximum atomic E-state index is 10.7. The topological polar surface area (TPSA) is 118 Å². The molecule has 0 aliphatic carbocycles. The lowest BCUT2D eigenvalue weighted by Gasteiger charge is -2.01. The van der Waals surface area contributed by atoms with E-state index in [4.69, 9.17) is 9.66 Å². The fourth-order valence-electron chi connectivity index (χ4n) is 0.437. The van der Waals surface area contributed by atoms with Crippen LogP contribution in [0.3, 0.4) is 0 Å². The van der Waals surface area contributed by atoms with E-state index in [1.54, 1.807) is 0 Å². The molecule has 7 nitrogen and oxygen atoms in total. The first-order chi connectivity index (χ1) is 5.77.